The Morgan fingerprint density at radius 1 is 1.21 bits per heavy atom. The van der Waals surface area contributed by atoms with Crippen molar-refractivity contribution in [2.75, 3.05) is 12.8 Å². The number of fused-ring (bicyclic) bond motifs is 1. The van der Waals surface area contributed by atoms with E-state index in [9.17, 15) is 4.79 Å². The van der Waals surface area contributed by atoms with Gasteiger partial charge in [0.05, 0.1) is 0 Å². The van der Waals surface area contributed by atoms with E-state index in [2.05, 4.69) is 56.7 Å². The molecule has 0 bridgehead atoms. The normalized spacial score (nSPS) is 11.4. The summed E-state index contributed by atoms with van der Waals surface area (Å²) in [6.07, 6.45) is 6.24. The largest absolute Gasteiger partial charge is 0.356 e. The van der Waals surface area contributed by atoms with Crippen molar-refractivity contribution in [1.29, 1.82) is 0 Å². The first-order valence-corrected chi connectivity index (χ1v) is 11.1. The van der Waals surface area contributed by atoms with E-state index >= 15 is 0 Å². The summed E-state index contributed by atoms with van der Waals surface area (Å²) >= 11 is 1.63. The van der Waals surface area contributed by atoms with Crippen LogP contribution in [0, 0.1) is 5.92 Å². The van der Waals surface area contributed by atoms with Crippen molar-refractivity contribution in [2.24, 2.45) is 5.92 Å². The monoisotopic (exact) mass is 399 g/mol. The Morgan fingerprint density at radius 2 is 2.04 bits per heavy atom. The summed E-state index contributed by atoms with van der Waals surface area (Å²) in [4.78, 5) is 12.2. The second-order valence-electron chi connectivity index (χ2n) is 7.38. The highest BCUT2D eigenvalue weighted by atomic mass is 32.2. The summed E-state index contributed by atoms with van der Waals surface area (Å²) in [6.45, 7) is 6.67. The van der Waals surface area contributed by atoms with Gasteiger partial charge in [-0.25, -0.2) is 0 Å². The van der Waals surface area contributed by atoms with Crippen LogP contribution in [0.1, 0.15) is 32.5 Å². The summed E-state index contributed by atoms with van der Waals surface area (Å²) in [6, 6.07) is 10.3. The standard InChI is InChI=1S/C21H29N5OS/c1-16(2)15-26-19(23-24-21(26)28-3)9-6-12-22-20(27)11-14-25-13-10-17-7-4-5-8-18(17)25/h4-5,7-8,10,13,16H,6,9,11-12,14-15H2,1-3H3,(H,22,27). The lowest BCUT2D eigenvalue weighted by Crippen LogP contribution is -2.26. The Bertz CT molecular complexity index is 915. The number of amides is 1. The fourth-order valence-corrected chi connectivity index (χ4v) is 3.85. The molecule has 7 heteroatoms. The van der Waals surface area contributed by atoms with E-state index in [0.29, 0.717) is 25.4 Å². The van der Waals surface area contributed by atoms with Crippen molar-refractivity contribution in [2.45, 2.75) is 51.4 Å². The number of para-hydroxylation sites is 1. The van der Waals surface area contributed by atoms with Crippen molar-refractivity contribution in [3.8, 4) is 0 Å². The quantitative estimate of drug-likeness (QED) is 0.417. The molecule has 0 saturated heterocycles. The predicted octanol–water partition coefficient (Wildman–Crippen LogP) is 3.75. The zero-order chi connectivity index (χ0) is 19.9. The molecule has 0 aliphatic carbocycles. The van der Waals surface area contributed by atoms with Crippen molar-refractivity contribution in [3.63, 3.8) is 0 Å². The fraction of sp³-hybridized carbons (Fsp3) is 0.476. The van der Waals surface area contributed by atoms with Gasteiger partial charge in [0.2, 0.25) is 5.91 Å². The van der Waals surface area contributed by atoms with Crippen LogP contribution in [0.5, 0.6) is 0 Å². The smallest absolute Gasteiger partial charge is 0.221 e. The molecular formula is C21H29N5OS. The Morgan fingerprint density at radius 3 is 2.82 bits per heavy atom. The summed E-state index contributed by atoms with van der Waals surface area (Å²) in [5.41, 5.74) is 1.17. The molecule has 1 amide bonds. The summed E-state index contributed by atoms with van der Waals surface area (Å²) in [7, 11) is 0. The number of hydrogen-bond donors (Lipinski definition) is 1. The molecule has 0 spiro atoms. The van der Waals surface area contributed by atoms with Gasteiger partial charge in [0.15, 0.2) is 5.16 Å². The highest BCUT2D eigenvalue weighted by molar-refractivity contribution is 7.98. The number of benzene rings is 1. The molecule has 1 N–H and O–H groups in total. The lowest BCUT2D eigenvalue weighted by Gasteiger charge is -2.12. The van der Waals surface area contributed by atoms with Crippen LogP contribution in [0.2, 0.25) is 0 Å². The van der Waals surface area contributed by atoms with Gasteiger partial charge < -0.3 is 14.5 Å². The van der Waals surface area contributed by atoms with Gasteiger partial charge in [0.25, 0.3) is 0 Å². The molecular weight excluding hydrogens is 370 g/mol. The maximum atomic E-state index is 12.2. The van der Waals surface area contributed by atoms with Gasteiger partial charge in [-0.1, -0.05) is 43.8 Å². The first-order chi connectivity index (χ1) is 13.6. The molecule has 0 saturated carbocycles. The van der Waals surface area contributed by atoms with E-state index in [1.807, 2.05) is 24.6 Å². The van der Waals surface area contributed by atoms with Crippen molar-refractivity contribution >= 4 is 28.6 Å². The zero-order valence-electron chi connectivity index (χ0n) is 16.9. The number of nitrogens with one attached hydrogen (secondary N) is 1. The number of nitrogens with zero attached hydrogens (tertiary/aromatic N) is 4. The van der Waals surface area contributed by atoms with Crippen molar-refractivity contribution < 1.29 is 4.79 Å². The average molecular weight is 400 g/mol. The van der Waals surface area contributed by atoms with E-state index in [1.54, 1.807) is 11.8 Å². The van der Waals surface area contributed by atoms with Crippen LogP contribution in [0.4, 0.5) is 0 Å². The van der Waals surface area contributed by atoms with Gasteiger partial charge in [-0.05, 0) is 36.1 Å². The molecule has 2 aromatic heterocycles. The highest BCUT2D eigenvalue weighted by Crippen LogP contribution is 2.17. The fourth-order valence-electron chi connectivity index (χ4n) is 3.32. The van der Waals surface area contributed by atoms with E-state index in [1.165, 1.54) is 10.9 Å². The molecule has 3 aromatic rings. The van der Waals surface area contributed by atoms with E-state index in [-0.39, 0.29) is 5.91 Å². The minimum atomic E-state index is 0.0891. The number of aromatic nitrogens is 4. The first-order valence-electron chi connectivity index (χ1n) is 9.85. The van der Waals surface area contributed by atoms with Gasteiger partial charge in [0, 0.05) is 44.2 Å². The lowest BCUT2D eigenvalue weighted by molar-refractivity contribution is -0.121. The molecule has 0 aliphatic rings. The molecule has 6 nitrogen and oxygen atoms in total. The maximum Gasteiger partial charge on any atom is 0.221 e. The van der Waals surface area contributed by atoms with Crippen LogP contribution in [0.25, 0.3) is 10.9 Å². The second kappa shape index (κ2) is 9.78. The molecule has 0 radical (unpaired) electrons. The maximum absolute atomic E-state index is 12.2. The van der Waals surface area contributed by atoms with Crippen molar-refractivity contribution in [1.82, 2.24) is 24.6 Å². The Kier molecular flexibility index (Phi) is 7.14. The summed E-state index contributed by atoms with van der Waals surface area (Å²) < 4.78 is 4.33. The number of rotatable bonds is 10. The van der Waals surface area contributed by atoms with Crippen LogP contribution in [0.3, 0.4) is 0 Å². The summed E-state index contributed by atoms with van der Waals surface area (Å²) in [5.74, 6) is 1.64. The molecule has 2 heterocycles. The third-order valence-electron chi connectivity index (χ3n) is 4.68. The Balaban J connectivity index is 1.43. The second-order valence-corrected chi connectivity index (χ2v) is 8.15. The SMILES string of the molecule is CSc1nnc(CCCNC(=O)CCn2ccc3ccccc32)n1CC(C)C. The number of aryl methyl sites for hydroxylation is 2. The minimum absolute atomic E-state index is 0.0891. The van der Waals surface area contributed by atoms with Gasteiger partial charge >= 0.3 is 0 Å². The molecule has 1 aromatic carbocycles. The van der Waals surface area contributed by atoms with Crippen LogP contribution in [-0.4, -0.2) is 38.0 Å². The minimum Gasteiger partial charge on any atom is -0.356 e. The number of carbonyl (C=O) groups is 1. The number of carbonyl (C=O) groups excluding carboxylic acids is 1. The van der Waals surface area contributed by atoms with Gasteiger partial charge in [-0.3, -0.25) is 4.79 Å². The van der Waals surface area contributed by atoms with Crippen molar-refractivity contribution in [3.05, 3.63) is 42.4 Å². The van der Waals surface area contributed by atoms with E-state index in [0.717, 1.165) is 30.4 Å². The Hall–Kier alpha value is -2.28. The van der Waals surface area contributed by atoms with E-state index in [4.69, 9.17) is 0 Å². The average Bonchev–Trinajstić information content (AvgIpc) is 3.27. The zero-order valence-corrected chi connectivity index (χ0v) is 17.7. The molecule has 28 heavy (non-hydrogen) atoms. The van der Waals surface area contributed by atoms with E-state index < -0.39 is 0 Å². The van der Waals surface area contributed by atoms with Crippen LogP contribution >= 0.6 is 11.8 Å². The number of thioether (sulfide) groups is 1. The highest BCUT2D eigenvalue weighted by Gasteiger charge is 2.12. The van der Waals surface area contributed by atoms with Gasteiger partial charge in [-0.15, -0.1) is 10.2 Å². The Labute approximate surface area is 170 Å². The van der Waals surface area contributed by atoms with Crippen LogP contribution < -0.4 is 5.32 Å². The molecule has 3 rings (SSSR count). The third kappa shape index (κ3) is 5.16. The van der Waals surface area contributed by atoms with Crippen LogP contribution in [0.15, 0.2) is 41.7 Å². The van der Waals surface area contributed by atoms with Crippen LogP contribution in [-0.2, 0) is 24.3 Å². The van der Waals surface area contributed by atoms with Gasteiger partial charge in [-0.2, -0.15) is 0 Å². The lowest BCUT2D eigenvalue weighted by atomic mass is 10.2. The summed E-state index contributed by atoms with van der Waals surface area (Å²) in [5, 5.41) is 13.8. The first kappa shape index (κ1) is 20.5. The molecule has 0 aliphatic heterocycles. The van der Waals surface area contributed by atoms with Gasteiger partial charge in [0.1, 0.15) is 5.82 Å². The molecule has 0 atom stereocenters. The molecule has 0 unspecified atom stereocenters. The third-order valence-corrected chi connectivity index (χ3v) is 5.35. The number of hydrogen-bond acceptors (Lipinski definition) is 4. The topological polar surface area (TPSA) is 64.7 Å². The molecule has 150 valence electrons. The molecule has 0 fully saturated rings. The predicted molar refractivity (Wildman–Crippen MR) is 115 cm³/mol.